The third-order valence-corrected chi connectivity index (χ3v) is 2.53. The maximum absolute atomic E-state index is 10.9. The molecule has 2 amide bonds. The topological polar surface area (TPSA) is 105 Å². The highest BCUT2D eigenvalue weighted by Gasteiger charge is 2.27. The third kappa shape index (κ3) is 3.81. The Labute approximate surface area is 109 Å². The van der Waals surface area contributed by atoms with Crippen molar-refractivity contribution in [2.45, 2.75) is 19.1 Å². The van der Waals surface area contributed by atoms with Crippen LogP contribution < -0.4 is 11.5 Å². The summed E-state index contributed by atoms with van der Waals surface area (Å²) in [5, 5.41) is 0.365. The Morgan fingerprint density at radius 3 is 2.22 bits per heavy atom. The lowest BCUT2D eigenvalue weighted by Crippen LogP contribution is -2.30. The summed E-state index contributed by atoms with van der Waals surface area (Å²) in [5.41, 5.74) is 10.4. The second-order valence-electron chi connectivity index (χ2n) is 3.52. The summed E-state index contributed by atoms with van der Waals surface area (Å²) in [7, 11) is 0. The van der Waals surface area contributed by atoms with E-state index < -0.39 is 24.4 Å². The van der Waals surface area contributed by atoms with Crippen molar-refractivity contribution in [2.24, 2.45) is 11.5 Å². The van der Waals surface area contributed by atoms with E-state index in [1.54, 1.807) is 24.3 Å². The van der Waals surface area contributed by atoms with E-state index in [0.717, 1.165) is 0 Å². The van der Waals surface area contributed by atoms with Gasteiger partial charge in [-0.2, -0.15) is 0 Å². The van der Waals surface area contributed by atoms with Crippen LogP contribution in [0.5, 0.6) is 0 Å². The normalized spacial score (nSPS) is 13.4. The first-order valence-electron chi connectivity index (χ1n) is 5.08. The minimum Gasteiger partial charge on any atom is -0.442 e. The number of halogens is 1. The molecule has 0 spiro atoms. The van der Waals surface area contributed by atoms with Crippen LogP contribution in [0.1, 0.15) is 18.6 Å². The first-order valence-corrected chi connectivity index (χ1v) is 5.46. The second kappa shape index (κ2) is 6.11. The standard InChI is InChI=1S/C11H13ClN2O4/c1-6(17-10(13)15)9(18-11(14)16)7-4-2-3-5-8(7)12/h2-6,9H,1H3,(H2,13,15)(H2,14,16)/t6-,9+/m0/s1. The summed E-state index contributed by atoms with van der Waals surface area (Å²) < 4.78 is 9.67. The van der Waals surface area contributed by atoms with Crippen LogP contribution in [0.2, 0.25) is 5.02 Å². The van der Waals surface area contributed by atoms with Crippen LogP contribution in [0, 0.1) is 0 Å². The van der Waals surface area contributed by atoms with Crippen LogP contribution in [-0.2, 0) is 9.47 Å². The Hall–Kier alpha value is -1.95. The summed E-state index contributed by atoms with van der Waals surface area (Å²) in [6.45, 7) is 1.52. The van der Waals surface area contributed by atoms with E-state index in [1.165, 1.54) is 6.92 Å². The van der Waals surface area contributed by atoms with Gasteiger partial charge < -0.3 is 20.9 Å². The molecule has 0 saturated heterocycles. The van der Waals surface area contributed by atoms with Gasteiger partial charge in [0.15, 0.2) is 6.10 Å². The van der Waals surface area contributed by atoms with Gasteiger partial charge in [0.1, 0.15) is 6.10 Å². The molecule has 0 radical (unpaired) electrons. The number of hydrogen-bond donors (Lipinski definition) is 2. The van der Waals surface area contributed by atoms with Crippen molar-refractivity contribution in [3.05, 3.63) is 34.9 Å². The summed E-state index contributed by atoms with van der Waals surface area (Å²) in [6.07, 6.45) is -3.70. The smallest absolute Gasteiger partial charge is 0.405 e. The molecule has 0 saturated carbocycles. The number of benzene rings is 1. The molecular weight excluding hydrogens is 260 g/mol. The summed E-state index contributed by atoms with van der Waals surface area (Å²) >= 11 is 5.98. The summed E-state index contributed by atoms with van der Waals surface area (Å²) in [5.74, 6) is 0. The minimum absolute atomic E-state index is 0.365. The molecule has 98 valence electrons. The van der Waals surface area contributed by atoms with Gasteiger partial charge in [-0.1, -0.05) is 29.8 Å². The molecule has 0 heterocycles. The first-order chi connectivity index (χ1) is 8.41. The molecule has 18 heavy (non-hydrogen) atoms. The zero-order chi connectivity index (χ0) is 13.7. The lowest BCUT2D eigenvalue weighted by atomic mass is 10.1. The van der Waals surface area contributed by atoms with Crippen LogP contribution >= 0.6 is 11.6 Å². The first kappa shape index (κ1) is 14.1. The SMILES string of the molecule is C[C@H](OC(N)=O)[C@@H](OC(N)=O)c1ccccc1Cl. The molecule has 1 aromatic carbocycles. The van der Waals surface area contributed by atoms with Crippen molar-refractivity contribution in [2.75, 3.05) is 0 Å². The van der Waals surface area contributed by atoms with Crippen LogP contribution in [0.25, 0.3) is 0 Å². The van der Waals surface area contributed by atoms with Gasteiger partial charge in [0.2, 0.25) is 0 Å². The van der Waals surface area contributed by atoms with Gasteiger partial charge in [0, 0.05) is 10.6 Å². The number of hydrogen-bond acceptors (Lipinski definition) is 4. The van der Waals surface area contributed by atoms with Crippen molar-refractivity contribution in [1.29, 1.82) is 0 Å². The quantitative estimate of drug-likeness (QED) is 0.874. The lowest BCUT2D eigenvalue weighted by molar-refractivity contribution is 0.00419. The molecule has 1 aromatic rings. The molecule has 7 heteroatoms. The van der Waals surface area contributed by atoms with Gasteiger partial charge in [0.25, 0.3) is 0 Å². The molecule has 0 aliphatic rings. The molecule has 0 unspecified atom stereocenters. The van der Waals surface area contributed by atoms with Gasteiger partial charge in [-0.15, -0.1) is 0 Å². The number of nitrogens with two attached hydrogens (primary N) is 2. The molecule has 4 N–H and O–H groups in total. The Morgan fingerprint density at radius 1 is 1.17 bits per heavy atom. The number of carbonyl (C=O) groups is 2. The zero-order valence-corrected chi connectivity index (χ0v) is 10.4. The maximum atomic E-state index is 10.9. The highest BCUT2D eigenvalue weighted by molar-refractivity contribution is 6.31. The highest BCUT2D eigenvalue weighted by atomic mass is 35.5. The fraction of sp³-hybridized carbons (Fsp3) is 0.273. The molecular formula is C11H13ClN2O4. The third-order valence-electron chi connectivity index (χ3n) is 2.18. The van der Waals surface area contributed by atoms with E-state index >= 15 is 0 Å². The monoisotopic (exact) mass is 272 g/mol. The van der Waals surface area contributed by atoms with Gasteiger partial charge >= 0.3 is 12.2 Å². The molecule has 0 aliphatic carbocycles. The number of rotatable bonds is 4. The van der Waals surface area contributed by atoms with E-state index in [9.17, 15) is 9.59 Å². The van der Waals surface area contributed by atoms with E-state index in [-0.39, 0.29) is 0 Å². The predicted octanol–water partition coefficient (Wildman–Crippen LogP) is 1.96. The van der Waals surface area contributed by atoms with Crippen LogP contribution in [0.4, 0.5) is 9.59 Å². The highest BCUT2D eigenvalue weighted by Crippen LogP contribution is 2.29. The van der Waals surface area contributed by atoms with E-state index in [2.05, 4.69) is 0 Å². The van der Waals surface area contributed by atoms with Crippen molar-refractivity contribution >= 4 is 23.8 Å². The van der Waals surface area contributed by atoms with Crippen LogP contribution in [0.3, 0.4) is 0 Å². The summed E-state index contributed by atoms with van der Waals surface area (Å²) in [4.78, 5) is 21.6. The number of carbonyl (C=O) groups excluding carboxylic acids is 2. The largest absolute Gasteiger partial charge is 0.442 e. The molecule has 2 atom stereocenters. The Kier molecular flexibility index (Phi) is 4.79. The molecule has 6 nitrogen and oxygen atoms in total. The maximum Gasteiger partial charge on any atom is 0.405 e. The van der Waals surface area contributed by atoms with E-state index in [4.69, 9.17) is 32.5 Å². The second-order valence-corrected chi connectivity index (χ2v) is 3.93. The average molecular weight is 273 g/mol. The average Bonchev–Trinajstić information content (AvgIpc) is 2.25. The van der Waals surface area contributed by atoms with E-state index in [0.29, 0.717) is 10.6 Å². The summed E-state index contributed by atoms with van der Waals surface area (Å²) in [6, 6.07) is 6.67. The van der Waals surface area contributed by atoms with Crippen LogP contribution in [0.15, 0.2) is 24.3 Å². The molecule has 0 aliphatic heterocycles. The van der Waals surface area contributed by atoms with Crippen molar-refractivity contribution < 1.29 is 19.1 Å². The Morgan fingerprint density at radius 2 is 1.72 bits per heavy atom. The molecule has 1 rings (SSSR count). The van der Waals surface area contributed by atoms with Gasteiger partial charge in [0.05, 0.1) is 0 Å². The molecule has 0 fully saturated rings. The molecule has 0 aromatic heterocycles. The van der Waals surface area contributed by atoms with Crippen molar-refractivity contribution in [3.63, 3.8) is 0 Å². The van der Waals surface area contributed by atoms with Gasteiger partial charge in [-0.3, -0.25) is 0 Å². The zero-order valence-electron chi connectivity index (χ0n) is 9.63. The van der Waals surface area contributed by atoms with E-state index in [1.807, 2.05) is 0 Å². The van der Waals surface area contributed by atoms with Crippen LogP contribution in [-0.4, -0.2) is 18.3 Å². The van der Waals surface area contributed by atoms with Gasteiger partial charge in [-0.25, -0.2) is 9.59 Å². The van der Waals surface area contributed by atoms with Crippen molar-refractivity contribution in [3.8, 4) is 0 Å². The van der Waals surface area contributed by atoms with Crippen molar-refractivity contribution in [1.82, 2.24) is 0 Å². The number of ether oxygens (including phenoxy) is 2. The minimum atomic E-state index is -1.00. The number of primary amides is 2. The fourth-order valence-electron chi connectivity index (χ4n) is 1.49. The fourth-order valence-corrected chi connectivity index (χ4v) is 1.73. The Balaban J connectivity index is 3.01. The number of amides is 2. The lowest BCUT2D eigenvalue weighted by Gasteiger charge is -2.23. The molecule has 0 bridgehead atoms. The van der Waals surface area contributed by atoms with Gasteiger partial charge in [-0.05, 0) is 13.0 Å². The predicted molar refractivity (Wildman–Crippen MR) is 65.0 cm³/mol. The Bertz CT molecular complexity index is 452.